The highest BCUT2D eigenvalue weighted by Crippen LogP contribution is 2.38. The van der Waals surface area contributed by atoms with Crippen LogP contribution in [0.3, 0.4) is 0 Å². The zero-order chi connectivity index (χ0) is 14.7. The molecule has 2 fully saturated rings. The van der Waals surface area contributed by atoms with Crippen molar-refractivity contribution in [3.05, 3.63) is 23.9 Å². The third-order valence-corrected chi connectivity index (χ3v) is 4.57. The molecule has 21 heavy (non-hydrogen) atoms. The molecule has 1 spiro atoms. The summed E-state index contributed by atoms with van der Waals surface area (Å²) in [4.78, 5) is 15.9. The molecule has 1 aliphatic carbocycles. The van der Waals surface area contributed by atoms with Crippen molar-refractivity contribution in [2.75, 3.05) is 18.5 Å². The predicted molar refractivity (Wildman–Crippen MR) is 81.4 cm³/mol. The van der Waals surface area contributed by atoms with Gasteiger partial charge in [-0.15, -0.1) is 0 Å². The Bertz CT molecular complexity index is 497. The Labute approximate surface area is 125 Å². The number of esters is 1. The average molecular weight is 289 g/mol. The van der Waals surface area contributed by atoms with Crippen molar-refractivity contribution >= 4 is 11.8 Å². The van der Waals surface area contributed by atoms with E-state index in [0.717, 1.165) is 25.2 Å². The third kappa shape index (κ3) is 3.18. The van der Waals surface area contributed by atoms with Crippen LogP contribution in [0.5, 0.6) is 0 Å². The van der Waals surface area contributed by atoms with Gasteiger partial charge in [0.05, 0.1) is 12.2 Å². The van der Waals surface area contributed by atoms with E-state index >= 15 is 0 Å². The fraction of sp³-hybridized carbons (Fsp3) is 0.625. The van der Waals surface area contributed by atoms with Gasteiger partial charge >= 0.3 is 5.97 Å². The van der Waals surface area contributed by atoms with Gasteiger partial charge in [0.2, 0.25) is 0 Å². The van der Waals surface area contributed by atoms with E-state index in [9.17, 15) is 4.79 Å². The van der Waals surface area contributed by atoms with Crippen LogP contribution in [0.4, 0.5) is 5.82 Å². The van der Waals surface area contributed by atoms with Crippen LogP contribution in [0, 0.1) is 0 Å². The number of carbonyl (C=O) groups excluding carboxylic acids is 1. The maximum absolute atomic E-state index is 11.6. The van der Waals surface area contributed by atoms with Crippen LogP contribution in [0.15, 0.2) is 18.3 Å². The van der Waals surface area contributed by atoms with Crippen molar-refractivity contribution in [1.29, 1.82) is 0 Å². The predicted octanol–water partition coefficient (Wildman–Crippen LogP) is 2.34. The first kappa shape index (κ1) is 14.3. The molecule has 0 amide bonds. The number of piperidine rings is 1. The standard InChI is InChI=1S/C16H23N3O2/c1-2-21-15(20)12-4-5-14(17-11-12)19-13-6-9-18-16(10-13)7-3-8-16/h4-5,11,13,18H,2-3,6-10H2,1H3,(H,17,19). The van der Waals surface area contributed by atoms with E-state index in [-0.39, 0.29) is 5.97 Å². The molecule has 1 saturated heterocycles. The highest BCUT2D eigenvalue weighted by Gasteiger charge is 2.40. The third-order valence-electron chi connectivity index (χ3n) is 4.57. The van der Waals surface area contributed by atoms with Gasteiger partial charge in [0, 0.05) is 17.8 Å². The first-order valence-corrected chi connectivity index (χ1v) is 7.85. The van der Waals surface area contributed by atoms with Crippen LogP contribution in [-0.2, 0) is 4.74 Å². The molecule has 1 saturated carbocycles. The van der Waals surface area contributed by atoms with Gasteiger partial charge in [0.25, 0.3) is 0 Å². The highest BCUT2D eigenvalue weighted by molar-refractivity contribution is 5.89. The Balaban J connectivity index is 1.58. The van der Waals surface area contributed by atoms with Gasteiger partial charge in [0.1, 0.15) is 5.82 Å². The first-order chi connectivity index (χ1) is 10.2. The van der Waals surface area contributed by atoms with E-state index in [1.165, 1.54) is 19.3 Å². The quantitative estimate of drug-likeness (QED) is 0.833. The van der Waals surface area contributed by atoms with E-state index in [2.05, 4.69) is 15.6 Å². The van der Waals surface area contributed by atoms with Gasteiger partial charge < -0.3 is 15.4 Å². The molecule has 2 aliphatic rings. The zero-order valence-corrected chi connectivity index (χ0v) is 12.5. The largest absolute Gasteiger partial charge is 0.462 e. The lowest BCUT2D eigenvalue weighted by atomic mass is 9.70. The Morgan fingerprint density at radius 3 is 3.00 bits per heavy atom. The number of hydrogen-bond acceptors (Lipinski definition) is 5. The smallest absolute Gasteiger partial charge is 0.339 e. The number of hydrogen-bond donors (Lipinski definition) is 2. The highest BCUT2D eigenvalue weighted by atomic mass is 16.5. The number of pyridine rings is 1. The molecule has 1 unspecified atom stereocenters. The molecule has 1 aliphatic heterocycles. The number of nitrogens with zero attached hydrogens (tertiary/aromatic N) is 1. The van der Waals surface area contributed by atoms with Crippen molar-refractivity contribution in [3.63, 3.8) is 0 Å². The summed E-state index contributed by atoms with van der Waals surface area (Å²) in [7, 11) is 0. The molecule has 1 aromatic rings. The fourth-order valence-corrected chi connectivity index (χ4v) is 3.29. The topological polar surface area (TPSA) is 63.2 Å². The second-order valence-electron chi connectivity index (χ2n) is 6.05. The molecule has 5 nitrogen and oxygen atoms in total. The monoisotopic (exact) mass is 289 g/mol. The number of anilines is 1. The van der Waals surface area contributed by atoms with Gasteiger partial charge in [-0.25, -0.2) is 9.78 Å². The van der Waals surface area contributed by atoms with Crippen LogP contribution in [0.2, 0.25) is 0 Å². The first-order valence-electron chi connectivity index (χ1n) is 7.85. The van der Waals surface area contributed by atoms with Crippen LogP contribution < -0.4 is 10.6 Å². The molecular weight excluding hydrogens is 266 g/mol. The Hall–Kier alpha value is -1.62. The van der Waals surface area contributed by atoms with Crippen LogP contribution in [0.25, 0.3) is 0 Å². The molecule has 0 aromatic carbocycles. The number of carbonyl (C=O) groups is 1. The molecule has 0 bridgehead atoms. The van der Waals surface area contributed by atoms with Crippen molar-refractivity contribution in [1.82, 2.24) is 10.3 Å². The number of rotatable bonds is 4. The van der Waals surface area contributed by atoms with Crippen molar-refractivity contribution in [2.45, 2.75) is 50.6 Å². The van der Waals surface area contributed by atoms with Gasteiger partial charge in [-0.3, -0.25) is 0 Å². The SMILES string of the molecule is CCOC(=O)c1ccc(NC2CCNC3(CCC3)C2)nc1. The second kappa shape index (κ2) is 6.02. The molecule has 0 radical (unpaired) electrons. The molecule has 5 heteroatoms. The summed E-state index contributed by atoms with van der Waals surface area (Å²) >= 11 is 0. The van der Waals surface area contributed by atoms with Crippen molar-refractivity contribution in [3.8, 4) is 0 Å². The molecule has 114 valence electrons. The number of ether oxygens (including phenoxy) is 1. The summed E-state index contributed by atoms with van der Waals surface area (Å²) in [6, 6.07) is 4.10. The summed E-state index contributed by atoms with van der Waals surface area (Å²) in [5, 5.41) is 7.16. The zero-order valence-electron chi connectivity index (χ0n) is 12.5. The number of aromatic nitrogens is 1. The minimum absolute atomic E-state index is 0.313. The van der Waals surface area contributed by atoms with Crippen LogP contribution in [0.1, 0.15) is 49.4 Å². The van der Waals surface area contributed by atoms with Gasteiger partial charge in [-0.05, 0) is 57.7 Å². The summed E-state index contributed by atoms with van der Waals surface area (Å²) < 4.78 is 4.96. The normalized spacial score (nSPS) is 23.4. The van der Waals surface area contributed by atoms with Gasteiger partial charge in [0.15, 0.2) is 0 Å². The minimum Gasteiger partial charge on any atom is -0.462 e. The van der Waals surface area contributed by atoms with Gasteiger partial charge in [-0.2, -0.15) is 0 Å². The molecule has 1 atom stereocenters. The molecule has 1 aromatic heterocycles. The molecule has 3 rings (SSSR count). The van der Waals surface area contributed by atoms with E-state index in [0.29, 0.717) is 23.8 Å². The van der Waals surface area contributed by atoms with E-state index in [1.807, 2.05) is 6.07 Å². The van der Waals surface area contributed by atoms with E-state index < -0.39 is 0 Å². The fourth-order valence-electron chi connectivity index (χ4n) is 3.29. The van der Waals surface area contributed by atoms with E-state index in [4.69, 9.17) is 4.74 Å². The summed E-state index contributed by atoms with van der Waals surface area (Å²) in [6.45, 7) is 3.25. The Kier molecular flexibility index (Phi) is 4.10. The van der Waals surface area contributed by atoms with Gasteiger partial charge in [-0.1, -0.05) is 0 Å². The molecular formula is C16H23N3O2. The number of nitrogens with one attached hydrogen (secondary N) is 2. The minimum atomic E-state index is -0.313. The molecule has 2 N–H and O–H groups in total. The maximum atomic E-state index is 11.6. The lowest BCUT2D eigenvalue weighted by molar-refractivity contribution is 0.0526. The molecule has 2 heterocycles. The van der Waals surface area contributed by atoms with Crippen LogP contribution in [-0.4, -0.2) is 35.7 Å². The second-order valence-corrected chi connectivity index (χ2v) is 6.05. The lowest BCUT2D eigenvalue weighted by Crippen LogP contribution is -2.58. The summed E-state index contributed by atoms with van der Waals surface area (Å²) in [6.07, 6.45) is 7.78. The van der Waals surface area contributed by atoms with Crippen molar-refractivity contribution in [2.24, 2.45) is 0 Å². The maximum Gasteiger partial charge on any atom is 0.339 e. The average Bonchev–Trinajstić information content (AvgIpc) is 2.47. The van der Waals surface area contributed by atoms with E-state index in [1.54, 1.807) is 19.2 Å². The summed E-state index contributed by atoms with van der Waals surface area (Å²) in [5.74, 6) is 0.524. The Morgan fingerprint density at radius 1 is 1.52 bits per heavy atom. The lowest BCUT2D eigenvalue weighted by Gasteiger charge is -2.48. The van der Waals surface area contributed by atoms with Crippen LogP contribution >= 0.6 is 0 Å². The summed E-state index contributed by atoms with van der Waals surface area (Å²) in [5.41, 5.74) is 0.879. The Morgan fingerprint density at radius 2 is 2.38 bits per heavy atom. The van der Waals surface area contributed by atoms with Crippen molar-refractivity contribution < 1.29 is 9.53 Å².